The van der Waals surface area contributed by atoms with Crippen molar-refractivity contribution in [2.75, 3.05) is 0 Å². The molecule has 1 N–H and O–H groups in total. The zero-order chi connectivity index (χ0) is 16.4. The van der Waals surface area contributed by atoms with Gasteiger partial charge >= 0.3 is 0 Å². The number of carbonyl (C=O) groups excluding carboxylic acids is 3. The number of halogens is 1. The Bertz CT molecular complexity index is 598. The van der Waals surface area contributed by atoms with Gasteiger partial charge in [-0.15, -0.1) is 0 Å². The lowest BCUT2D eigenvalue weighted by Crippen LogP contribution is -2.44. The maximum absolute atomic E-state index is 12.3. The lowest BCUT2D eigenvalue weighted by molar-refractivity contribution is -0.141. The first kappa shape index (κ1) is 16.7. The van der Waals surface area contributed by atoms with Gasteiger partial charge in [0.1, 0.15) is 6.04 Å². The Morgan fingerprint density at radius 2 is 1.82 bits per heavy atom. The van der Waals surface area contributed by atoms with E-state index in [1.807, 2.05) is 24.3 Å². The molecule has 1 heterocycles. The summed E-state index contributed by atoms with van der Waals surface area (Å²) >= 11 is 3.35. The Hall–Kier alpha value is -1.69. The Kier molecular flexibility index (Phi) is 5.01. The molecule has 118 valence electrons. The summed E-state index contributed by atoms with van der Waals surface area (Å²) in [6, 6.07) is 6.51. The average Bonchev–Trinajstić information content (AvgIpc) is 2.73. The van der Waals surface area contributed by atoms with E-state index in [1.165, 1.54) is 4.90 Å². The standard InChI is InChI=1S/C16H19BrN2O3/c1-9(2)19-14(20)8-13(16(19)22)18-15(21)10(3)11-4-6-12(17)7-5-11/h4-7,9-10,13H,8H2,1-3H3,(H,18,21)/t10-,13-/m1/s1. The van der Waals surface area contributed by atoms with Crippen LogP contribution in [0.5, 0.6) is 0 Å². The van der Waals surface area contributed by atoms with E-state index in [2.05, 4.69) is 21.2 Å². The molecule has 0 radical (unpaired) electrons. The van der Waals surface area contributed by atoms with Crippen molar-refractivity contribution >= 4 is 33.7 Å². The van der Waals surface area contributed by atoms with Crippen molar-refractivity contribution < 1.29 is 14.4 Å². The normalized spacial score (nSPS) is 19.7. The zero-order valence-corrected chi connectivity index (χ0v) is 14.4. The number of benzene rings is 1. The second kappa shape index (κ2) is 6.60. The minimum atomic E-state index is -0.750. The van der Waals surface area contributed by atoms with Gasteiger partial charge in [-0.2, -0.15) is 0 Å². The predicted octanol–water partition coefficient (Wildman–Crippen LogP) is 2.20. The van der Waals surface area contributed by atoms with E-state index < -0.39 is 6.04 Å². The Morgan fingerprint density at radius 3 is 2.32 bits per heavy atom. The third-order valence-electron chi connectivity index (χ3n) is 3.78. The molecule has 1 fully saturated rings. The van der Waals surface area contributed by atoms with Gasteiger partial charge in [-0.3, -0.25) is 19.3 Å². The molecule has 1 aromatic carbocycles. The van der Waals surface area contributed by atoms with Crippen LogP contribution in [0.3, 0.4) is 0 Å². The van der Waals surface area contributed by atoms with E-state index in [-0.39, 0.29) is 36.1 Å². The minimum absolute atomic E-state index is 0.0375. The van der Waals surface area contributed by atoms with E-state index in [0.29, 0.717) is 0 Å². The van der Waals surface area contributed by atoms with E-state index in [1.54, 1.807) is 20.8 Å². The number of nitrogens with one attached hydrogen (secondary N) is 1. The van der Waals surface area contributed by atoms with Gasteiger partial charge in [0.2, 0.25) is 11.8 Å². The molecule has 3 amide bonds. The Balaban J connectivity index is 2.04. The summed E-state index contributed by atoms with van der Waals surface area (Å²) in [6.07, 6.45) is 0.0375. The van der Waals surface area contributed by atoms with Crippen LogP contribution >= 0.6 is 15.9 Å². The van der Waals surface area contributed by atoms with E-state index in [9.17, 15) is 14.4 Å². The number of likely N-dealkylation sites (tertiary alicyclic amines) is 1. The first-order valence-electron chi connectivity index (χ1n) is 7.23. The zero-order valence-electron chi connectivity index (χ0n) is 12.8. The number of hydrogen-bond donors (Lipinski definition) is 1. The second-order valence-electron chi connectivity index (χ2n) is 5.73. The molecule has 22 heavy (non-hydrogen) atoms. The number of amides is 3. The van der Waals surface area contributed by atoms with Crippen molar-refractivity contribution in [1.82, 2.24) is 10.2 Å². The molecule has 5 nitrogen and oxygen atoms in total. The molecule has 1 saturated heterocycles. The number of hydrogen-bond acceptors (Lipinski definition) is 3. The van der Waals surface area contributed by atoms with Gasteiger partial charge in [0.25, 0.3) is 5.91 Å². The molecule has 1 aromatic rings. The molecule has 0 aromatic heterocycles. The molecule has 0 unspecified atom stereocenters. The first-order valence-corrected chi connectivity index (χ1v) is 8.02. The second-order valence-corrected chi connectivity index (χ2v) is 6.65. The molecular formula is C16H19BrN2O3. The van der Waals surface area contributed by atoms with Crippen molar-refractivity contribution in [2.24, 2.45) is 0 Å². The number of imide groups is 1. The highest BCUT2D eigenvalue weighted by Gasteiger charge is 2.41. The highest BCUT2D eigenvalue weighted by atomic mass is 79.9. The number of nitrogens with zero attached hydrogens (tertiary/aromatic N) is 1. The molecular weight excluding hydrogens is 348 g/mol. The average molecular weight is 367 g/mol. The molecule has 0 saturated carbocycles. The highest BCUT2D eigenvalue weighted by Crippen LogP contribution is 2.21. The lowest BCUT2D eigenvalue weighted by Gasteiger charge is -2.20. The van der Waals surface area contributed by atoms with E-state index >= 15 is 0 Å². The largest absolute Gasteiger partial charge is 0.343 e. The maximum atomic E-state index is 12.3. The van der Waals surface area contributed by atoms with Gasteiger partial charge in [0, 0.05) is 10.5 Å². The summed E-state index contributed by atoms with van der Waals surface area (Å²) in [5, 5.41) is 2.69. The van der Waals surface area contributed by atoms with Crippen LogP contribution in [-0.2, 0) is 14.4 Å². The fourth-order valence-corrected chi connectivity index (χ4v) is 2.77. The van der Waals surface area contributed by atoms with Crippen LogP contribution in [0.15, 0.2) is 28.7 Å². The van der Waals surface area contributed by atoms with E-state index in [4.69, 9.17) is 0 Å². The summed E-state index contributed by atoms with van der Waals surface area (Å²) in [5.41, 5.74) is 0.859. The van der Waals surface area contributed by atoms with Crippen molar-refractivity contribution in [3.63, 3.8) is 0 Å². The molecule has 2 rings (SSSR count). The number of carbonyl (C=O) groups is 3. The van der Waals surface area contributed by atoms with Gasteiger partial charge in [0.15, 0.2) is 0 Å². The minimum Gasteiger partial charge on any atom is -0.343 e. The molecule has 2 atom stereocenters. The molecule has 1 aliphatic rings. The Morgan fingerprint density at radius 1 is 1.23 bits per heavy atom. The Labute approximate surface area is 138 Å². The van der Waals surface area contributed by atoms with Crippen LogP contribution in [0.1, 0.15) is 38.7 Å². The van der Waals surface area contributed by atoms with Gasteiger partial charge in [-0.05, 0) is 38.5 Å². The first-order chi connectivity index (χ1) is 10.3. The summed E-state index contributed by atoms with van der Waals surface area (Å²) in [4.78, 5) is 37.6. The van der Waals surface area contributed by atoms with Crippen LogP contribution in [0, 0.1) is 0 Å². The molecule has 0 aliphatic carbocycles. The third kappa shape index (κ3) is 3.38. The predicted molar refractivity (Wildman–Crippen MR) is 86.1 cm³/mol. The molecule has 0 bridgehead atoms. The van der Waals surface area contributed by atoms with Gasteiger partial charge < -0.3 is 5.32 Å². The summed E-state index contributed by atoms with van der Waals surface area (Å²) < 4.78 is 0.938. The van der Waals surface area contributed by atoms with Crippen LogP contribution in [0.2, 0.25) is 0 Å². The van der Waals surface area contributed by atoms with E-state index in [0.717, 1.165) is 10.0 Å². The quantitative estimate of drug-likeness (QED) is 0.830. The van der Waals surface area contributed by atoms with Crippen LogP contribution in [-0.4, -0.2) is 34.7 Å². The molecule has 6 heteroatoms. The maximum Gasteiger partial charge on any atom is 0.252 e. The third-order valence-corrected chi connectivity index (χ3v) is 4.31. The topological polar surface area (TPSA) is 66.5 Å². The molecule has 1 aliphatic heterocycles. The highest BCUT2D eigenvalue weighted by molar-refractivity contribution is 9.10. The van der Waals surface area contributed by atoms with Crippen molar-refractivity contribution in [1.29, 1.82) is 0 Å². The van der Waals surface area contributed by atoms with Crippen LogP contribution < -0.4 is 5.32 Å². The van der Waals surface area contributed by atoms with Crippen molar-refractivity contribution in [2.45, 2.75) is 45.2 Å². The fourth-order valence-electron chi connectivity index (χ4n) is 2.51. The van der Waals surface area contributed by atoms with Crippen LogP contribution in [0.4, 0.5) is 0 Å². The fraction of sp³-hybridized carbons (Fsp3) is 0.438. The van der Waals surface area contributed by atoms with Gasteiger partial charge in [-0.1, -0.05) is 28.1 Å². The number of rotatable bonds is 4. The smallest absolute Gasteiger partial charge is 0.252 e. The SMILES string of the molecule is CC(C)N1C(=O)C[C@@H](NC(=O)[C@H](C)c2ccc(Br)cc2)C1=O. The summed E-state index contributed by atoms with van der Waals surface area (Å²) in [7, 11) is 0. The van der Waals surface area contributed by atoms with Crippen molar-refractivity contribution in [3.8, 4) is 0 Å². The van der Waals surface area contributed by atoms with Crippen LogP contribution in [0.25, 0.3) is 0 Å². The summed E-state index contributed by atoms with van der Waals surface area (Å²) in [6.45, 7) is 5.34. The van der Waals surface area contributed by atoms with Gasteiger partial charge in [0.05, 0.1) is 12.3 Å². The van der Waals surface area contributed by atoms with Crippen molar-refractivity contribution in [3.05, 3.63) is 34.3 Å². The molecule has 0 spiro atoms. The summed E-state index contributed by atoms with van der Waals surface area (Å²) in [5.74, 6) is -1.19. The van der Waals surface area contributed by atoms with Gasteiger partial charge in [-0.25, -0.2) is 0 Å². The lowest BCUT2D eigenvalue weighted by atomic mass is 10.00. The monoisotopic (exact) mass is 366 g/mol.